The normalized spacial score (nSPS) is 26.6. The van der Waals surface area contributed by atoms with E-state index in [1.54, 1.807) is 18.9 Å². The number of ether oxygens (including phenoxy) is 1. The largest absolute Gasteiger partial charge is 0.497 e. The SMILES string of the molecule is COc1ccc(C2c3sc(=O)n(CC(=O)Nc4ccc(C(=O)O)cc4)c3SC3C4CC(C5C(=O)N(c6ccc(C)cc6)C(=O)C45)C23)cc1. The van der Waals surface area contributed by atoms with E-state index < -0.39 is 23.7 Å². The van der Waals surface area contributed by atoms with Crippen LogP contribution in [0.3, 0.4) is 0 Å². The summed E-state index contributed by atoms with van der Waals surface area (Å²) in [5.41, 5.74) is 3.17. The van der Waals surface area contributed by atoms with E-state index in [0.29, 0.717) is 17.1 Å². The maximum atomic E-state index is 14.1. The number of fused-ring (bicyclic) bond motifs is 9. The number of rotatable bonds is 7. The summed E-state index contributed by atoms with van der Waals surface area (Å²) in [5, 5.41) is 12.7. The number of benzene rings is 3. The van der Waals surface area contributed by atoms with E-state index in [1.165, 1.54) is 33.7 Å². The molecular weight excluding hydrogens is 651 g/mol. The van der Waals surface area contributed by atoms with Crippen LogP contribution in [0.15, 0.2) is 82.6 Å². The van der Waals surface area contributed by atoms with Gasteiger partial charge in [0.25, 0.3) is 0 Å². The monoisotopic (exact) mass is 681 g/mol. The summed E-state index contributed by atoms with van der Waals surface area (Å²) in [6.07, 6.45) is 0.759. The average molecular weight is 682 g/mol. The number of nitrogens with one attached hydrogen (secondary N) is 1. The molecule has 48 heavy (non-hydrogen) atoms. The summed E-state index contributed by atoms with van der Waals surface area (Å²) in [5.74, 6) is -2.17. The Kier molecular flexibility index (Phi) is 7.33. The van der Waals surface area contributed by atoms with Crippen LogP contribution in [0, 0.1) is 36.5 Å². The van der Waals surface area contributed by atoms with Crippen molar-refractivity contribution < 1.29 is 29.0 Å². The number of amides is 3. The molecule has 3 fully saturated rings. The molecule has 10 nitrogen and oxygen atoms in total. The zero-order valence-electron chi connectivity index (χ0n) is 26.0. The molecule has 3 amide bonds. The van der Waals surface area contributed by atoms with Gasteiger partial charge in [-0.3, -0.25) is 28.6 Å². The predicted octanol–water partition coefficient (Wildman–Crippen LogP) is 5.24. The van der Waals surface area contributed by atoms with E-state index in [2.05, 4.69) is 5.32 Å². The van der Waals surface area contributed by atoms with Crippen LogP contribution in [0.2, 0.25) is 0 Å². The summed E-state index contributed by atoms with van der Waals surface area (Å²) in [7, 11) is 1.61. The van der Waals surface area contributed by atoms with Crippen LogP contribution < -0.4 is 19.8 Å². The van der Waals surface area contributed by atoms with E-state index in [4.69, 9.17) is 4.74 Å². The summed E-state index contributed by atoms with van der Waals surface area (Å²) < 4.78 is 6.94. The number of methoxy groups -OCH3 is 1. The number of imide groups is 1. The van der Waals surface area contributed by atoms with E-state index in [-0.39, 0.29) is 57.7 Å². The molecule has 2 N–H and O–H groups in total. The third kappa shape index (κ3) is 4.72. The van der Waals surface area contributed by atoms with Crippen LogP contribution in [-0.4, -0.2) is 45.7 Å². The van der Waals surface area contributed by atoms with Crippen molar-refractivity contribution in [2.75, 3.05) is 17.3 Å². The first-order chi connectivity index (χ1) is 23.1. The molecule has 3 heterocycles. The smallest absolute Gasteiger partial charge is 0.335 e. The topological polar surface area (TPSA) is 135 Å². The van der Waals surface area contributed by atoms with Gasteiger partial charge < -0.3 is 15.2 Å². The molecule has 4 aromatic rings. The van der Waals surface area contributed by atoms with Gasteiger partial charge in [0.05, 0.1) is 35.2 Å². The Labute approximate surface area is 283 Å². The third-order valence-electron chi connectivity index (χ3n) is 10.4. The van der Waals surface area contributed by atoms with Crippen LogP contribution in [0.1, 0.15) is 38.7 Å². The standard InChI is InChI=1S/C36H31N3O7S2/c1-17-3-11-21(12-4-17)39-32(41)28-23-15-24(29(28)33(39)42)30-27(23)26(18-7-13-22(46-2)14-8-18)31-34(47-30)38(36(45)48-31)16-25(40)37-20-9-5-19(6-10-20)35(43)44/h3-14,23-24,26-30H,15-16H2,1-2H3,(H,37,40)(H,43,44). The number of carboxylic acid groups (broad SMARTS) is 1. The van der Waals surface area contributed by atoms with Crippen LogP contribution >= 0.6 is 23.1 Å². The quantitative estimate of drug-likeness (QED) is 0.253. The molecule has 12 heteroatoms. The van der Waals surface area contributed by atoms with E-state index in [9.17, 15) is 29.1 Å². The minimum absolute atomic E-state index is 0.0185. The number of carbonyl (C=O) groups is 4. The first-order valence-corrected chi connectivity index (χ1v) is 17.5. The maximum Gasteiger partial charge on any atom is 0.335 e. The molecule has 244 valence electrons. The number of aryl methyl sites for hydroxylation is 1. The van der Waals surface area contributed by atoms with Crippen LogP contribution in [-0.2, 0) is 20.9 Å². The number of thioether (sulfide) groups is 1. The van der Waals surface area contributed by atoms with Crippen molar-refractivity contribution in [2.24, 2.45) is 29.6 Å². The number of carbonyl (C=O) groups excluding carboxylic acids is 3. The molecule has 2 saturated carbocycles. The van der Waals surface area contributed by atoms with Gasteiger partial charge in [-0.05, 0) is 85.2 Å². The summed E-state index contributed by atoms with van der Waals surface area (Å²) >= 11 is 2.70. The number of anilines is 2. The Hall–Kier alpha value is -4.68. The van der Waals surface area contributed by atoms with Crippen molar-refractivity contribution in [1.29, 1.82) is 0 Å². The first-order valence-electron chi connectivity index (χ1n) is 15.8. The van der Waals surface area contributed by atoms with Gasteiger partial charge in [0, 0.05) is 21.7 Å². The minimum atomic E-state index is -1.07. The van der Waals surface area contributed by atoms with Crippen molar-refractivity contribution in [3.05, 3.63) is 104 Å². The Balaban J connectivity index is 1.15. The Morgan fingerprint density at radius 3 is 2.23 bits per heavy atom. The Bertz CT molecular complexity index is 2040. The molecule has 0 radical (unpaired) electrons. The molecule has 7 atom stereocenters. The van der Waals surface area contributed by atoms with Crippen LogP contribution in [0.25, 0.3) is 0 Å². The van der Waals surface area contributed by atoms with Crippen molar-refractivity contribution in [1.82, 2.24) is 4.57 Å². The van der Waals surface area contributed by atoms with Gasteiger partial charge in [0.15, 0.2) is 0 Å². The molecule has 8 rings (SSSR count). The fourth-order valence-electron chi connectivity index (χ4n) is 8.43. The van der Waals surface area contributed by atoms with Crippen molar-refractivity contribution in [3.63, 3.8) is 0 Å². The van der Waals surface area contributed by atoms with Gasteiger partial charge in [-0.1, -0.05) is 41.2 Å². The summed E-state index contributed by atoms with van der Waals surface area (Å²) in [6, 6.07) is 21.1. The maximum absolute atomic E-state index is 14.1. The molecule has 0 spiro atoms. The second kappa shape index (κ2) is 11.5. The molecule has 4 aliphatic rings. The molecule has 2 aliphatic heterocycles. The van der Waals surface area contributed by atoms with Gasteiger partial charge in [-0.15, -0.1) is 11.8 Å². The molecule has 7 unspecified atom stereocenters. The highest BCUT2D eigenvalue weighted by Gasteiger charge is 2.69. The first kappa shape index (κ1) is 30.6. The number of aromatic nitrogens is 1. The predicted molar refractivity (Wildman–Crippen MR) is 181 cm³/mol. The molecule has 3 aromatic carbocycles. The fraction of sp³-hybridized carbons (Fsp3) is 0.306. The van der Waals surface area contributed by atoms with E-state index >= 15 is 0 Å². The average Bonchev–Trinajstić information content (AvgIpc) is 3.80. The third-order valence-corrected chi connectivity index (χ3v) is 13.2. The highest BCUT2D eigenvalue weighted by molar-refractivity contribution is 8.00. The molecule has 1 saturated heterocycles. The molecule has 2 bridgehead atoms. The lowest BCUT2D eigenvalue weighted by Crippen LogP contribution is -2.43. The van der Waals surface area contributed by atoms with Gasteiger partial charge >= 0.3 is 10.8 Å². The van der Waals surface area contributed by atoms with Crippen molar-refractivity contribution in [3.8, 4) is 5.75 Å². The summed E-state index contributed by atoms with van der Waals surface area (Å²) in [4.78, 5) is 68.1. The molecular formula is C36H31N3O7S2. The Morgan fingerprint density at radius 2 is 1.58 bits per heavy atom. The number of aromatic carboxylic acids is 1. The molecule has 1 aromatic heterocycles. The van der Waals surface area contributed by atoms with Gasteiger partial charge in [-0.2, -0.15) is 0 Å². The number of carboxylic acids is 1. The lowest BCUT2D eigenvalue weighted by atomic mass is 9.68. The number of nitrogens with zero attached hydrogens (tertiary/aromatic N) is 2. The zero-order valence-corrected chi connectivity index (χ0v) is 27.6. The number of hydrogen-bond donors (Lipinski definition) is 2. The van der Waals surface area contributed by atoms with Gasteiger partial charge in [-0.25, -0.2) is 4.79 Å². The van der Waals surface area contributed by atoms with E-state index in [0.717, 1.165) is 38.8 Å². The van der Waals surface area contributed by atoms with Crippen molar-refractivity contribution in [2.45, 2.75) is 36.1 Å². The van der Waals surface area contributed by atoms with Crippen molar-refractivity contribution >= 4 is 58.2 Å². The number of hydrogen-bond acceptors (Lipinski definition) is 8. The van der Waals surface area contributed by atoms with Crippen LogP contribution in [0.4, 0.5) is 11.4 Å². The fourth-order valence-corrected chi connectivity index (χ4v) is 11.6. The summed E-state index contributed by atoms with van der Waals surface area (Å²) in [6.45, 7) is 1.75. The zero-order chi connectivity index (χ0) is 33.4. The Morgan fingerprint density at radius 1 is 0.917 bits per heavy atom. The minimum Gasteiger partial charge on any atom is -0.497 e. The lowest BCUT2D eigenvalue weighted by Gasteiger charge is -2.43. The second-order valence-corrected chi connectivity index (χ2v) is 15.1. The number of thiazole rings is 1. The molecule has 2 aliphatic carbocycles. The van der Waals surface area contributed by atoms with E-state index in [1.807, 2.05) is 55.5 Å². The highest BCUT2D eigenvalue weighted by Crippen LogP contribution is 2.69. The van der Waals surface area contributed by atoms with Crippen LogP contribution in [0.5, 0.6) is 5.75 Å². The van der Waals surface area contributed by atoms with Gasteiger partial charge in [0.1, 0.15) is 12.3 Å². The highest BCUT2D eigenvalue weighted by atomic mass is 32.2. The lowest BCUT2D eigenvalue weighted by molar-refractivity contribution is -0.123. The second-order valence-electron chi connectivity index (χ2n) is 12.9. The van der Waals surface area contributed by atoms with Gasteiger partial charge in [0.2, 0.25) is 17.7 Å².